The topological polar surface area (TPSA) is 20.2 Å². The molecule has 2 aromatic rings. The van der Waals surface area contributed by atoms with E-state index in [1.807, 2.05) is 17.7 Å². The number of hydrogen-bond donors (Lipinski definition) is 1. The van der Waals surface area contributed by atoms with E-state index in [-0.39, 0.29) is 11.6 Å². The lowest BCUT2D eigenvalue weighted by Gasteiger charge is -2.02. The van der Waals surface area contributed by atoms with Crippen LogP contribution in [0.1, 0.15) is 0 Å². The van der Waals surface area contributed by atoms with Crippen LogP contribution in [0.3, 0.4) is 0 Å². The first-order valence-corrected chi connectivity index (χ1v) is 5.77. The zero-order valence-electron chi connectivity index (χ0n) is 6.87. The first-order chi connectivity index (χ1) is 6.24. The van der Waals surface area contributed by atoms with E-state index in [1.54, 1.807) is 0 Å². The van der Waals surface area contributed by atoms with Gasteiger partial charge in [-0.25, -0.2) is 4.39 Å². The number of benzene rings is 1. The molecule has 0 aliphatic heterocycles. The van der Waals surface area contributed by atoms with E-state index in [1.165, 1.54) is 29.2 Å². The van der Waals surface area contributed by atoms with Gasteiger partial charge in [0.1, 0.15) is 11.6 Å². The second-order valence-corrected chi connectivity index (χ2v) is 4.31. The molecule has 1 heterocycles. The van der Waals surface area contributed by atoms with Gasteiger partial charge >= 0.3 is 0 Å². The lowest BCUT2D eigenvalue weighted by Crippen LogP contribution is -1.80. The van der Waals surface area contributed by atoms with Crippen LogP contribution in [0.2, 0.25) is 0 Å². The van der Waals surface area contributed by atoms with E-state index in [9.17, 15) is 9.50 Å². The number of aromatic hydroxyl groups is 1. The molecule has 0 radical (unpaired) electrons. The Balaban J connectivity index is 2.88. The van der Waals surface area contributed by atoms with Crippen LogP contribution in [-0.4, -0.2) is 11.4 Å². The van der Waals surface area contributed by atoms with Gasteiger partial charge in [-0.05, 0) is 17.7 Å². The molecule has 13 heavy (non-hydrogen) atoms. The van der Waals surface area contributed by atoms with Crippen LogP contribution in [0.15, 0.2) is 22.4 Å². The Morgan fingerprint density at radius 2 is 2.31 bits per heavy atom. The normalized spacial score (nSPS) is 10.9. The Morgan fingerprint density at radius 3 is 3.00 bits per heavy atom. The number of halogens is 1. The molecule has 0 spiro atoms. The molecule has 0 fully saturated rings. The smallest absolute Gasteiger partial charge is 0.141 e. The van der Waals surface area contributed by atoms with Crippen LogP contribution < -0.4 is 0 Å². The average Bonchev–Trinajstić information content (AvgIpc) is 2.53. The van der Waals surface area contributed by atoms with Gasteiger partial charge in [0.05, 0.1) is 9.60 Å². The molecular weight excluding hydrogens is 207 g/mol. The zero-order chi connectivity index (χ0) is 9.42. The van der Waals surface area contributed by atoms with Crippen molar-refractivity contribution in [2.45, 2.75) is 4.90 Å². The summed E-state index contributed by atoms with van der Waals surface area (Å²) in [7, 11) is 0. The van der Waals surface area contributed by atoms with Crippen molar-refractivity contribution in [2.75, 3.05) is 6.26 Å². The van der Waals surface area contributed by atoms with Crippen molar-refractivity contribution in [2.24, 2.45) is 0 Å². The standard InChI is InChI=1S/C9H7FOS2/c1-12-8-5-2-3-13-9(5)7(11)4-6(8)10/h2-4,11H,1H3. The molecule has 0 saturated heterocycles. The van der Waals surface area contributed by atoms with Crippen molar-refractivity contribution in [3.8, 4) is 5.75 Å². The lowest BCUT2D eigenvalue weighted by molar-refractivity contribution is 0.475. The SMILES string of the molecule is CSc1c(F)cc(O)c2sccc12. The van der Waals surface area contributed by atoms with Gasteiger partial charge in [-0.2, -0.15) is 0 Å². The maximum absolute atomic E-state index is 13.3. The molecule has 0 aliphatic rings. The van der Waals surface area contributed by atoms with Crippen molar-refractivity contribution >= 4 is 33.2 Å². The lowest BCUT2D eigenvalue weighted by atomic mass is 10.2. The van der Waals surface area contributed by atoms with Gasteiger partial charge in [0.25, 0.3) is 0 Å². The molecule has 1 N–H and O–H groups in total. The summed E-state index contributed by atoms with van der Waals surface area (Å²) < 4.78 is 14.0. The molecule has 1 aromatic heterocycles. The largest absolute Gasteiger partial charge is 0.506 e. The first kappa shape index (κ1) is 8.84. The van der Waals surface area contributed by atoms with Crippen molar-refractivity contribution in [1.29, 1.82) is 0 Å². The summed E-state index contributed by atoms with van der Waals surface area (Å²) in [6.07, 6.45) is 1.83. The predicted octanol–water partition coefficient (Wildman–Crippen LogP) is 3.47. The molecule has 4 heteroatoms. The summed E-state index contributed by atoms with van der Waals surface area (Å²) in [6.45, 7) is 0. The Morgan fingerprint density at radius 1 is 1.54 bits per heavy atom. The van der Waals surface area contributed by atoms with E-state index in [2.05, 4.69) is 0 Å². The van der Waals surface area contributed by atoms with Gasteiger partial charge in [0.15, 0.2) is 0 Å². The van der Waals surface area contributed by atoms with Crippen LogP contribution in [-0.2, 0) is 0 Å². The quantitative estimate of drug-likeness (QED) is 0.733. The van der Waals surface area contributed by atoms with E-state index in [0.29, 0.717) is 4.90 Å². The highest BCUT2D eigenvalue weighted by molar-refractivity contribution is 7.98. The summed E-state index contributed by atoms with van der Waals surface area (Å²) >= 11 is 2.78. The van der Waals surface area contributed by atoms with Crippen molar-refractivity contribution in [3.05, 3.63) is 23.3 Å². The van der Waals surface area contributed by atoms with Gasteiger partial charge in [-0.15, -0.1) is 23.1 Å². The Kier molecular flexibility index (Phi) is 2.17. The van der Waals surface area contributed by atoms with Gasteiger partial charge in [0.2, 0.25) is 0 Å². The molecule has 0 atom stereocenters. The molecule has 0 unspecified atom stereocenters. The fourth-order valence-electron chi connectivity index (χ4n) is 1.27. The van der Waals surface area contributed by atoms with Crippen molar-refractivity contribution in [1.82, 2.24) is 0 Å². The van der Waals surface area contributed by atoms with Crippen LogP contribution >= 0.6 is 23.1 Å². The minimum atomic E-state index is -0.351. The van der Waals surface area contributed by atoms with Gasteiger partial charge in [-0.1, -0.05) is 0 Å². The fourth-order valence-corrected chi connectivity index (χ4v) is 2.80. The molecule has 1 aromatic carbocycles. The monoisotopic (exact) mass is 214 g/mol. The maximum Gasteiger partial charge on any atom is 0.141 e. The Bertz CT molecular complexity index is 450. The number of fused-ring (bicyclic) bond motifs is 1. The molecule has 2 rings (SSSR count). The third-order valence-electron chi connectivity index (χ3n) is 1.83. The summed E-state index contributed by atoms with van der Waals surface area (Å²) in [4.78, 5) is 0.606. The van der Waals surface area contributed by atoms with E-state index < -0.39 is 0 Å². The van der Waals surface area contributed by atoms with E-state index in [0.717, 1.165) is 10.1 Å². The molecule has 1 nitrogen and oxygen atoms in total. The molecule has 0 amide bonds. The highest BCUT2D eigenvalue weighted by atomic mass is 32.2. The summed E-state index contributed by atoms with van der Waals surface area (Å²) in [5, 5.41) is 12.1. The van der Waals surface area contributed by atoms with Crippen LogP contribution in [0.4, 0.5) is 4.39 Å². The van der Waals surface area contributed by atoms with Crippen LogP contribution in [0.25, 0.3) is 10.1 Å². The maximum atomic E-state index is 13.3. The molecule has 0 saturated carbocycles. The molecule has 0 aliphatic carbocycles. The Hall–Kier alpha value is -0.740. The third kappa shape index (κ3) is 1.30. The van der Waals surface area contributed by atoms with E-state index >= 15 is 0 Å². The number of hydrogen-bond acceptors (Lipinski definition) is 3. The number of phenolic OH excluding ortho intramolecular Hbond substituents is 1. The summed E-state index contributed by atoms with van der Waals surface area (Å²) in [5.74, 6) is -0.323. The summed E-state index contributed by atoms with van der Waals surface area (Å²) in [5.41, 5.74) is 0. The first-order valence-electron chi connectivity index (χ1n) is 3.66. The zero-order valence-corrected chi connectivity index (χ0v) is 8.51. The van der Waals surface area contributed by atoms with Gasteiger partial charge in [-0.3, -0.25) is 0 Å². The Labute approximate surface area is 83.2 Å². The van der Waals surface area contributed by atoms with Gasteiger partial charge in [0, 0.05) is 11.5 Å². The molecule has 0 bridgehead atoms. The number of thioether (sulfide) groups is 1. The highest BCUT2D eigenvalue weighted by Gasteiger charge is 2.11. The minimum Gasteiger partial charge on any atom is -0.506 e. The molecule has 68 valence electrons. The second kappa shape index (κ2) is 3.20. The fraction of sp³-hybridized carbons (Fsp3) is 0.111. The van der Waals surface area contributed by atoms with Crippen molar-refractivity contribution in [3.63, 3.8) is 0 Å². The average molecular weight is 214 g/mol. The summed E-state index contributed by atoms with van der Waals surface area (Å²) in [6, 6.07) is 3.00. The number of rotatable bonds is 1. The van der Waals surface area contributed by atoms with Gasteiger partial charge < -0.3 is 5.11 Å². The molecular formula is C9H7FOS2. The third-order valence-corrected chi connectivity index (χ3v) is 3.59. The highest BCUT2D eigenvalue weighted by Crippen LogP contribution is 2.37. The second-order valence-electron chi connectivity index (χ2n) is 2.57. The number of phenols is 1. The number of thiophene rings is 1. The van der Waals surface area contributed by atoms with Crippen LogP contribution in [0.5, 0.6) is 5.75 Å². The minimum absolute atomic E-state index is 0.0281. The van der Waals surface area contributed by atoms with Crippen LogP contribution in [0, 0.1) is 5.82 Å². The van der Waals surface area contributed by atoms with E-state index in [4.69, 9.17) is 0 Å². The predicted molar refractivity (Wildman–Crippen MR) is 55.2 cm³/mol. The van der Waals surface area contributed by atoms with Crippen molar-refractivity contribution < 1.29 is 9.50 Å².